The molecule has 0 spiro atoms. The molecule has 0 fully saturated rings. The van der Waals surface area contributed by atoms with E-state index in [1.807, 2.05) is 11.8 Å². The van der Waals surface area contributed by atoms with Gasteiger partial charge in [-0.25, -0.2) is 0 Å². The van der Waals surface area contributed by atoms with E-state index in [0.29, 0.717) is 4.16 Å². The fraction of sp³-hybridized carbons (Fsp3) is 0.231. The molecule has 1 aromatic carbocycles. The van der Waals surface area contributed by atoms with Gasteiger partial charge in [0.15, 0.2) is 0 Å². The first kappa shape index (κ1) is 22.6. The van der Waals surface area contributed by atoms with Gasteiger partial charge in [0.1, 0.15) is 0 Å². The van der Waals surface area contributed by atoms with Crippen LogP contribution < -0.4 is 47.7 Å². The Balaban J connectivity index is 0. The molecule has 1 aliphatic heterocycles. The Bertz CT molecular complexity index is 613. The Labute approximate surface area is 164 Å². The predicted octanol–water partition coefficient (Wildman–Crippen LogP) is -6.31. The van der Waals surface area contributed by atoms with E-state index in [4.69, 9.17) is 0 Å². The molecule has 0 aromatic heterocycles. The number of hydrogen-bond donors (Lipinski definition) is 0. The topological polar surface area (TPSA) is 0 Å². The molecule has 3 rings (SSSR count). The zero-order chi connectivity index (χ0) is 10.6. The van der Waals surface area contributed by atoms with Crippen molar-refractivity contribution in [3.63, 3.8) is 0 Å². The van der Waals surface area contributed by atoms with Crippen molar-refractivity contribution in [1.29, 1.82) is 0 Å². The van der Waals surface area contributed by atoms with Crippen LogP contribution in [0.4, 0.5) is 0 Å². The quantitative estimate of drug-likeness (QED) is 0.266. The monoisotopic (exact) mass is 472 g/mol. The summed E-state index contributed by atoms with van der Waals surface area (Å²) in [5.41, 5.74) is 4.09. The molecule has 1 unspecified atom stereocenters. The SMILES string of the molecule is CC1=Cc2c(C)c3c(cc2=C1)SC(Br)[C-]=3.[Cl-].[Cl-].[Cl-].[Zr+4]. The minimum Gasteiger partial charge on any atom is -1.00 e. The molecule has 1 aliphatic carbocycles. The molecule has 0 bridgehead atoms. The number of hydrogen-bond acceptors (Lipinski definition) is 1. The molecule has 2 aliphatic rings. The summed E-state index contributed by atoms with van der Waals surface area (Å²) < 4.78 is 0.318. The van der Waals surface area contributed by atoms with Gasteiger partial charge in [0, 0.05) is 4.16 Å². The third-order valence-electron chi connectivity index (χ3n) is 2.87. The van der Waals surface area contributed by atoms with E-state index in [1.165, 1.54) is 32.0 Å². The van der Waals surface area contributed by atoms with Crippen LogP contribution in [0.5, 0.6) is 0 Å². The van der Waals surface area contributed by atoms with E-state index in [-0.39, 0.29) is 63.4 Å². The van der Waals surface area contributed by atoms with Gasteiger partial charge < -0.3 is 37.2 Å². The van der Waals surface area contributed by atoms with E-state index in [2.05, 4.69) is 54.1 Å². The van der Waals surface area contributed by atoms with Gasteiger partial charge in [-0.05, 0) is 12.1 Å². The van der Waals surface area contributed by atoms with E-state index in [0.717, 1.165) is 0 Å². The third kappa shape index (κ3) is 4.14. The predicted molar refractivity (Wildman–Crippen MR) is 70.5 cm³/mol. The molecule has 19 heavy (non-hydrogen) atoms. The van der Waals surface area contributed by atoms with Crippen LogP contribution in [0.1, 0.15) is 18.1 Å². The number of fused-ring (bicyclic) bond motifs is 2. The molecule has 1 aromatic rings. The van der Waals surface area contributed by atoms with Gasteiger partial charge in [-0.2, -0.15) is 23.1 Å². The summed E-state index contributed by atoms with van der Waals surface area (Å²) in [6, 6.07) is 2.28. The smallest absolute Gasteiger partial charge is 1.00 e. The maximum Gasteiger partial charge on any atom is 4.00 e. The van der Waals surface area contributed by atoms with Gasteiger partial charge in [0.2, 0.25) is 0 Å². The summed E-state index contributed by atoms with van der Waals surface area (Å²) in [4.78, 5) is 1.35. The minimum absolute atomic E-state index is 0. The number of thioether (sulfide) groups is 1. The van der Waals surface area contributed by atoms with Crippen LogP contribution in [0.25, 0.3) is 18.2 Å². The second kappa shape index (κ2) is 8.66. The summed E-state index contributed by atoms with van der Waals surface area (Å²) in [7, 11) is 0. The molecule has 6 heteroatoms. The van der Waals surface area contributed by atoms with E-state index < -0.39 is 0 Å². The second-order valence-electron chi connectivity index (χ2n) is 3.99. The number of benzene rings is 1. The van der Waals surface area contributed by atoms with E-state index in [1.54, 1.807) is 0 Å². The van der Waals surface area contributed by atoms with Crippen LogP contribution in [-0.2, 0) is 26.2 Å². The Kier molecular flexibility index (Phi) is 10.3. The molecule has 0 nitrogen and oxygen atoms in total. The molecule has 100 valence electrons. The van der Waals surface area contributed by atoms with Crippen LogP contribution in [-0.4, -0.2) is 4.16 Å². The average Bonchev–Trinajstić information content (AvgIpc) is 2.69. The summed E-state index contributed by atoms with van der Waals surface area (Å²) in [6.45, 7) is 4.34. The summed E-state index contributed by atoms with van der Waals surface area (Å²) in [6.07, 6.45) is 7.96. The standard InChI is InChI=1S/C13H10BrS.3ClH.Zr/c1-7-3-9-5-12-11(6-13(14)15-12)8(2)10(9)4-7;;;;/h3-5,13H,1-2H3;3*1H;/q-1;;;;+4/p-3. The average molecular weight is 476 g/mol. The second-order valence-corrected chi connectivity index (χ2v) is 6.66. The maximum atomic E-state index is 3.58. The van der Waals surface area contributed by atoms with Gasteiger partial charge in [-0.1, -0.05) is 57.1 Å². The molecule has 1 heterocycles. The van der Waals surface area contributed by atoms with Gasteiger partial charge >= 0.3 is 26.2 Å². The maximum absolute atomic E-state index is 3.58. The van der Waals surface area contributed by atoms with Crippen molar-refractivity contribution in [3.05, 3.63) is 33.2 Å². The van der Waals surface area contributed by atoms with Gasteiger partial charge in [-0.15, -0.1) is 5.56 Å². The number of alkyl halides is 1. The third-order valence-corrected chi connectivity index (χ3v) is 4.56. The Morgan fingerprint density at radius 2 is 1.79 bits per heavy atom. The molecule has 0 saturated carbocycles. The molecule has 0 saturated heterocycles. The van der Waals surface area contributed by atoms with Crippen molar-refractivity contribution in [3.8, 4) is 0 Å². The van der Waals surface area contributed by atoms with Crippen LogP contribution >= 0.6 is 27.7 Å². The Hall–Kier alpha value is 1.28. The first-order chi connectivity index (χ1) is 7.15. The van der Waals surface area contributed by atoms with Crippen molar-refractivity contribution in [2.24, 2.45) is 0 Å². The zero-order valence-electron chi connectivity index (χ0n) is 10.2. The van der Waals surface area contributed by atoms with Crippen molar-refractivity contribution in [2.75, 3.05) is 0 Å². The summed E-state index contributed by atoms with van der Waals surface area (Å²) in [5.74, 6) is 0. The molecule has 0 amide bonds. The first-order valence-corrected chi connectivity index (χ1v) is 6.72. The first-order valence-electron chi connectivity index (χ1n) is 4.93. The summed E-state index contributed by atoms with van der Waals surface area (Å²) in [5, 5.41) is 2.65. The van der Waals surface area contributed by atoms with Crippen molar-refractivity contribution in [1.82, 2.24) is 0 Å². The zero-order valence-corrected chi connectivity index (χ0v) is 17.4. The van der Waals surface area contributed by atoms with Crippen LogP contribution in [0, 0.1) is 6.92 Å². The Morgan fingerprint density at radius 3 is 2.42 bits per heavy atom. The number of halogens is 4. The van der Waals surface area contributed by atoms with Gasteiger partial charge in [0.05, 0.1) is 0 Å². The van der Waals surface area contributed by atoms with E-state index in [9.17, 15) is 0 Å². The van der Waals surface area contributed by atoms with Crippen LogP contribution in [0.15, 0.2) is 16.5 Å². The van der Waals surface area contributed by atoms with Crippen LogP contribution in [0.2, 0.25) is 0 Å². The Morgan fingerprint density at radius 1 is 1.16 bits per heavy atom. The van der Waals surface area contributed by atoms with Crippen LogP contribution in [0.3, 0.4) is 0 Å². The molecular weight excluding hydrogens is 466 g/mol. The largest absolute Gasteiger partial charge is 4.00 e. The van der Waals surface area contributed by atoms with Crippen molar-refractivity contribution >= 4 is 45.9 Å². The number of allylic oxidation sites excluding steroid dienone is 1. The normalized spacial score (nSPS) is 17.0. The fourth-order valence-corrected chi connectivity index (χ4v) is 3.94. The molecular formula is C13H10BrCl3SZr. The molecule has 0 radical (unpaired) electrons. The van der Waals surface area contributed by atoms with Gasteiger partial charge in [0.25, 0.3) is 0 Å². The van der Waals surface area contributed by atoms with E-state index >= 15 is 0 Å². The van der Waals surface area contributed by atoms with Crippen molar-refractivity contribution in [2.45, 2.75) is 22.9 Å². The number of rotatable bonds is 0. The molecule has 1 atom stereocenters. The van der Waals surface area contributed by atoms with Gasteiger partial charge in [-0.3, -0.25) is 0 Å². The summed E-state index contributed by atoms with van der Waals surface area (Å²) >= 11 is 5.42. The molecule has 0 N–H and O–H groups in total. The van der Waals surface area contributed by atoms with Crippen molar-refractivity contribution < 1.29 is 63.4 Å². The minimum atomic E-state index is 0. The fourth-order valence-electron chi connectivity index (χ4n) is 2.18.